The number of nitrogens with zero attached hydrogens (tertiary/aromatic N) is 2. The average Bonchev–Trinajstić information content (AvgIpc) is 3.32. The molecule has 1 aliphatic heterocycles. The normalized spacial score (nSPS) is 15.7. The van der Waals surface area contributed by atoms with Crippen LogP contribution >= 0.6 is 0 Å². The molecular formula is C38H32N2O5. The third-order valence-corrected chi connectivity index (χ3v) is 7.68. The summed E-state index contributed by atoms with van der Waals surface area (Å²) in [5, 5.41) is 11.5. The smallest absolute Gasteiger partial charge is 0.295 e. The number of aryl methyl sites for hydroxylation is 1. The summed E-state index contributed by atoms with van der Waals surface area (Å²) in [7, 11) is 0. The second-order valence-electron chi connectivity index (χ2n) is 10.9. The van der Waals surface area contributed by atoms with Gasteiger partial charge in [0.05, 0.1) is 11.6 Å². The van der Waals surface area contributed by atoms with Crippen LogP contribution in [0.15, 0.2) is 133 Å². The van der Waals surface area contributed by atoms with Crippen molar-refractivity contribution in [3.8, 4) is 11.5 Å². The lowest BCUT2D eigenvalue weighted by molar-refractivity contribution is -0.140. The lowest BCUT2D eigenvalue weighted by atomic mass is 9.95. The number of benzene rings is 4. The minimum absolute atomic E-state index is 0.0234. The van der Waals surface area contributed by atoms with E-state index in [1.165, 1.54) is 4.90 Å². The fourth-order valence-electron chi connectivity index (χ4n) is 5.40. The summed E-state index contributed by atoms with van der Waals surface area (Å²) < 4.78 is 11.9. The molecule has 0 spiro atoms. The van der Waals surface area contributed by atoms with Gasteiger partial charge >= 0.3 is 0 Å². The van der Waals surface area contributed by atoms with Crippen LogP contribution < -0.4 is 9.47 Å². The molecule has 2 heterocycles. The van der Waals surface area contributed by atoms with Crippen LogP contribution in [0.2, 0.25) is 0 Å². The van der Waals surface area contributed by atoms with E-state index in [0.717, 1.165) is 22.3 Å². The van der Waals surface area contributed by atoms with Crippen LogP contribution in [0.1, 0.15) is 39.4 Å². The Morgan fingerprint density at radius 3 is 2.07 bits per heavy atom. The Morgan fingerprint density at radius 2 is 1.40 bits per heavy atom. The molecule has 4 aromatic carbocycles. The quantitative estimate of drug-likeness (QED) is 0.104. The monoisotopic (exact) mass is 596 g/mol. The van der Waals surface area contributed by atoms with E-state index >= 15 is 0 Å². The number of hydrogen-bond acceptors (Lipinski definition) is 6. The second-order valence-corrected chi connectivity index (χ2v) is 10.9. The van der Waals surface area contributed by atoms with Gasteiger partial charge in [0.2, 0.25) is 0 Å². The van der Waals surface area contributed by atoms with Crippen molar-refractivity contribution in [3.63, 3.8) is 0 Å². The van der Waals surface area contributed by atoms with Gasteiger partial charge < -0.3 is 19.5 Å². The molecule has 0 saturated carbocycles. The number of carbonyl (C=O) groups excluding carboxylic acids is 2. The zero-order valence-corrected chi connectivity index (χ0v) is 24.8. The summed E-state index contributed by atoms with van der Waals surface area (Å²) in [5.74, 6) is -0.416. The van der Waals surface area contributed by atoms with E-state index < -0.39 is 17.7 Å². The molecule has 1 atom stereocenters. The van der Waals surface area contributed by atoms with Gasteiger partial charge in [0, 0.05) is 24.5 Å². The van der Waals surface area contributed by atoms with Crippen molar-refractivity contribution in [2.45, 2.75) is 32.7 Å². The van der Waals surface area contributed by atoms with Crippen molar-refractivity contribution in [1.82, 2.24) is 9.88 Å². The Kier molecular flexibility index (Phi) is 8.69. The van der Waals surface area contributed by atoms with Crippen LogP contribution in [-0.4, -0.2) is 26.7 Å². The Hall–Kier alpha value is -5.69. The molecule has 1 aromatic heterocycles. The molecule has 7 heteroatoms. The van der Waals surface area contributed by atoms with Crippen molar-refractivity contribution in [2.75, 3.05) is 0 Å². The number of carbonyl (C=O) groups is 2. The standard InChI is InChI=1S/C38H32N2O5/c1-26-7-5-10-28(21-26)25-45-33-18-14-31(15-19-33)36(41)34-35(40(38(43)37(34)42)23-29-11-6-20-39-22-29)30-12-16-32(17-13-30)44-24-27-8-3-2-4-9-27/h2-22,35,41H,23-25H2,1H3. The van der Waals surface area contributed by atoms with Crippen molar-refractivity contribution < 1.29 is 24.2 Å². The minimum atomic E-state index is -0.814. The number of pyridine rings is 1. The number of aliphatic hydroxyl groups excluding tert-OH is 1. The average molecular weight is 597 g/mol. The molecule has 6 rings (SSSR count). The molecule has 1 fully saturated rings. The predicted octanol–water partition coefficient (Wildman–Crippen LogP) is 7.17. The van der Waals surface area contributed by atoms with Gasteiger partial charge in [-0.05, 0) is 71.6 Å². The molecule has 45 heavy (non-hydrogen) atoms. The fourth-order valence-corrected chi connectivity index (χ4v) is 5.40. The maximum Gasteiger partial charge on any atom is 0.295 e. The Morgan fingerprint density at radius 1 is 0.756 bits per heavy atom. The number of likely N-dealkylation sites (tertiary alicyclic amines) is 1. The predicted molar refractivity (Wildman–Crippen MR) is 171 cm³/mol. The van der Waals surface area contributed by atoms with E-state index in [4.69, 9.17) is 9.47 Å². The Balaban J connectivity index is 1.28. The maximum absolute atomic E-state index is 13.5. The number of Topliss-reactive ketones (excluding diaryl/α,β-unsaturated/α-hetero) is 1. The maximum atomic E-state index is 13.5. The van der Waals surface area contributed by atoms with Crippen molar-refractivity contribution in [2.24, 2.45) is 0 Å². The fraction of sp³-hybridized carbons (Fsp3) is 0.132. The van der Waals surface area contributed by atoms with Gasteiger partial charge in [0.15, 0.2) is 0 Å². The van der Waals surface area contributed by atoms with E-state index in [2.05, 4.69) is 11.1 Å². The summed E-state index contributed by atoms with van der Waals surface area (Å²) in [5.41, 5.74) is 5.11. The summed E-state index contributed by atoms with van der Waals surface area (Å²) in [4.78, 5) is 32.6. The number of aliphatic hydroxyl groups is 1. The van der Waals surface area contributed by atoms with Crippen molar-refractivity contribution in [1.29, 1.82) is 0 Å². The van der Waals surface area contributed by atoms with Crippen LogP contribution in [0.25, 0.3) is 5.76 Å². The number of hydrogen-bond donors (Lipinski definition) is 1. The molecule has 1 amide bonds. The van der Waals surface area contributed by atoms with E-state index in [1.54, 1.807) is 42.7 Å². The zero-order valence-electron chi connectivity index (χ0n) is 24.8. The van der Waals surface area contributed by atoms with Crippen molar-refractivity contribution in [3.05, 3.63) is 167 Å². The second kappa shape index (κ2) is 13.3. The van der Waals surface area contributed by atoms with Gasteiger partial charge in [-0.3, -0.25) is 14.6 Å². The highest BCUT2D eigenvalue weighted by Crippen LogP contribution is 2.41. The molecule has 5 aromatic rings. The van der Waals surface area contributed by atoms with Crippen LogP contribution in [0.3, 0.4) is 0 Å². The molecule has 1 aliphatic rings. The third kappa shape index (κ3) is 6.78. The third-order valence-electron chi connectivity index (χ3n) is 7.68. The minimum Gasteiger partial charge on any atom is -0.507 e. The Bertz CT molecular complexity index is 1820. The molecule has 0 bridgehead atoms. The SMILES string of the molecule is Cc1cccc(COc2ccc(C(O)=C3C(=O)C(=O)N(Cc4cccnc4)C3c3ccc(OCc4ccccc4)cc3)cc2)c1. The molecule has 1 saturated heterocycles. The highest BCUT2D eigenvalue weighted by molar-refractivity contribution is 6.46. The molecule has 224 valence electrons. The molecule has 1 N–H and O–H groups in total. The topological polar surface area (TPSA) is 89.0 Å². The van der Waals surface area contributed by atoms with Gasteiger partial charge in [-0.25, -0.2) is 0 Å². The van der Waals surface area contributed by atoms with E-state index in [9.17, 15) is 14.7 Å². The molecule has 1 unspecified atom stereocenters. The van der Waals surface area contributed by atoms with E-state index in [-0.39, 0.29) is 17.9 Å². The summed E-state index contributed by atoms with van der Waals surface area (Å²) >= 11 is 0. The molecule has 7 nitrogen and oxygen atoms in total. The van der Waals surface area contributed by atoms with E-state index in [0.29, 0.717) is 35.8 Å². The number of ether oxygens (including phenoxy) is 2. The first-order valence-corrected chi connectivity index (χ1v) is 14.7. The number of ketones is 1. The number of aromatic nitrogens is 1. The van der Waals surface area contributed by atoms with Crippen LogP contribution in [0.5, 0.6) is 11.5 Å². The highest BCUT2D eigenvalue weighted by Gasteiger charge is 2.46. The van der Waals surface area contributed by atoms with Gasteiger partial charge in [-0.15, -0.1) is 0 Å². The lowest BCUT2D eigenvalue weighted by Gasteiger charge is -2.25. The summed E-state index contributed by atoms with van der Waals surface area (Å²) in [6.07, 6.45) is 3.31. The first-order valence-electron chi connectivity index (χ1n) is 14.7. The zero-order chi connectivity index (χ0) is 31.2. The summed E-state index contributed by atoms with van der Waals surface area (Å²) in [6, 6.07) is 34.9. The van der Waals surface area contributed by atoms with Crippen molar-refractivity contribution >= 4 is 17.4 Å². The first-order chi connectivity index (χ1) is 22.0. The van der Waals surface area contributed by atoms with Crippen LogP contribution in [-0.2, 0) is 29.3 Å². The highest BCUT2D eigenvalue weighted by atomic mass is 16.5. The summed E-state index contributed by atoms with van der Waals surface area (Å²) in [6.45, 7) is 2.99. The van der Waals surface area contributed by atoms with Gasteiger partial charge in [0.1, 0.15) is 30.5 Å². The first kappa shape index (κ1) is 29.4. The number of amides is 1. The molecular weight excluding hydrogens is 564 g/mol. The van der Waals surface area contributed by atoms with Crippen LogP contribution in [0, 0.1) is 6.92 Å². The van der Waals surface area contributed by atoms with Crippen LogP contribution in [0.4, 0.5) is 0 Å². The number of rotatable bonds is 10. The Labute approximate surface area is 262 Å². The van der Waals surface area contributed by atoms with Gasteiger partial charge in [-0.2, -0.15) is 0 Å². The lowest BCUT2D eigenvalue weighted by Crippen LogP contribution is -2.29. The van der Waals surface area contributed by atoms with E-state index in [1.807, 2.05) is 85.8 Å². The van der Waals surface area contributed by atoms with Gasteiger partial charge in [-0.1, -0.05) is 78.4 Å². The molecule has 0 radical (unpaired) electrons. The largest absolute Gasteiger partial charge is 0.507 e. The van der Waals surface area contributed by atoms with Gasteiger partial charge in [0.25, 0.3) is 11.7 Å². The molecule has 0 aliphatic carbocycles.